The number of nitrogens with zero attached hydrogens (tertiary/aromatic N) is 2. The Morgan fingerprint density at radius 2 is 0.747 bits per heavy atom. The number of carbonyl (C=O) groups is 6. The van der Waals surface area contributed by atoms with E-state index in [0.29, 0.717) is 67.5 Å². The van der Waals surface area contributed by atoms with Crippen molar-refractivity contribution in [3.8, 4) is 44.8 Å². The molecule has 2 aromatic heterocycles. The summed E-state index contributed by atoms with van der Waals surface area (Å²) in [4.78, 5) is 78.8. The number of esters is 4. The molecular formula is C74H80F2N4O15. The molecule has 0 aliphatic heterocycles. The van der Waals surface area contributed by atoms with Crippen LogP contribution in [-0.4, -0.2) is 129 Å². The van der Waals surface area contributed by atoms with E-state index in [1.165, 1.54) is 24.3 Å². The summed E-state index contributed by atoms with van der Waals surface area (Å²) in [6.07, 6.45) is -6.36. The molecule has 4 atom stereocenters. The number of hydrogen-bond acceptors (Lipinski definition) is 15. The molecule has 0 saturated carbocycles. The highest BCUT2D eigenvalue weighted by atomic mass is 19.1. The van der Waals surface area contributed by atoms with Crippen molar-refractivity contribution in [3.05, 3.63) is 204 Å². The van der Waals surface area contributed by atoms with Gasteiger partial charge < -0.3 is 63.9 Å². The Balaban J connectivity index is 0.734. The molecule has 0 radical (unpaired) electrons. The molecule has 0 bridgehead atoms. The summed E-state index contributed by atoms with van der Waals surface area (Å²) in [6, 6.07) is 48.7. The molecule has 0 fully saturated rings. The van der Waals surface area contributed by atoms with Crippen LogP contribution in [0.5, 0.6) is 0 Å². The normalized spacial score (nSPS) is 12.6. The number of para-hydroxylation sites is 2. The Labute approximate surface area is 550 Å². The number of aliphatic hydroxyl groups excluding tert-OH is 4. The number of carbonyl (C=O) groups excluding carboxylic acids is 6. The predicted molar refractivity (Wildman–Crippen MR) is 354 cm³/mol. The van der Waals surface area contributed by atoms with Crippen molar-refractivity contribution in [2.45, 2.75) is 116 Å². The van der Waals surface area contributed by atoms with Gasteiger partial charge in [0.2, 0.25) is 0 Å². The second kappa shape index (κ2) is 35.0. The quantitative estimate of drug-likeness (QED) is 0.0124. The first kappa shape index (κ1) is 71.2. The van der Waals surface area contributed by atoms with Crippen LogP contribution in [0.4, 0.5) is 20.2 Å². The van der Waals surface area contributed by atoms with Crippen molar-refractivity contribution >= 4 is 47.1 Å². The number of aromatic nitrogens is 2. The highest BCUT2D eigenvalue weighted by molar-refractivity contribution is 6.13. The Bertz CT molecular complexity index is 3580. The third kappa shape index (κ3) is 20.2. The maximum absolute atomic E-state index is 14.4. The van der Waals surface area contributed by atoms with Crippen molar-refractivity contribution in [2.75, 3.05) is 50.3 Å². The Hall–Kier alpha value is -9.64. The molecule has 8 aromatic rings. The third-order valence-electron chi connectivity index (χ3n) is 15.5. The number of halogens is 2. The van der Waals surface area contributed by atoms with Crippen molar-refractivity contribution in [2.24, 2.45) is 0 Å². The van der Waals surface area contributed by atoms with Crippen LogP contribution >= 0.6 is 0 Å². The van der Waals surface area contributed by atoms with Crippen LogP contribution in [0, 0.1) is 11.6 Å². The van der Waals surface area contributed by atoms with Crippen LogP contribution in [0.1, 0.15) is 110 Å². The summed E-state index contributed by atoms with van der Waals surface area (Å²) in [5, 5.41) is 50.3. The molecule has 19 nitrogen and oxygen atoms in total. The SMILES string of the molecule is CC(C)c1c(C(=O)Nc2ccccc2)c(-c2ccccc2)c(-c2ccc(F)cc2)n1CC[C@@H](O)C[C@@H](O)CC(=O)OCC(=O)OCCOCCOC(=O)COC(=O)C[C@H](O)C[C@H](O)CCn1c(-c2ccc(F)cc2)c(-c2ccccc2)c(C(=O)Nc2ccccc2)c1C(C)C. The van der Waals surface area contributed by atoms with Gasteiger partial charge in [-0.1, -0.05) is 125 Å². The maximum atomic E-state index is 14.4. The van der Waals surface area contributed by atoms with Gasteiger partial charge in [0.15, 0.2) is 13.2 Å². The Morgan fingerprint density at radius 1 is 0.411 bits per heavy atom. The van der Waals surface area contributed by atoms with Crippen LogP contribution in [0.3, 0.4) is 0 Å². The number of ether oxygens (including phenoxy) is 5. The van der Waals surface area contributed by atoms with Gasteiger partial charge in [0.25, 0.3) is 11.8 Å². The largest absolute Gasteiger partial charge is 0.461 e. The van der Waals surface area contributed by atoms with Gasteiger partial charge >= 0.3 is 23.9 Å². The van der Waals surface area contributed by atoms with Gasteiger partial charge in [-0.25, -0.2) is 18.4 Å². The topological polar surface area (TPSA) is 263 Å². The first-order valence-electron chi connectivity index (χ1n) is 31.6. The van der Waals surface area contributed by atoms with Crippen LogP contribution < -0.4 is 10.6 Å². The number of anilines is 2. The second-order valence-corrected chi connectivity index (χ2v) is 23.4. The minimum Gasteiger partial charge on any atom is -0.461 e. The lowest BCUT2D eigenvalue weighted by atomic mass is 9.94. The van der Waals surface area contributed by atoms with Crippen molar-refractivity contribution < 1.29 is 81.7 Å². The van der Waals surface area contributed by atoms with Gasteiger partial charge in [0.1, 0.15) is 24.8 Å². The molecule has 0 aliphatic rings. The van der Waals surface area contributed by atoms with Crippen LogP contribution in [0.15, 0.2) is 170 Å². The smallest absolute Gasteiger partial charge is 0.344 e. The summed E-state index contributed by atoms with van der Waals surface area (Å²) < 4.78 is 58.0. The summed E-state index contributed by atoms with van der Waals surface area (Å²) in [7, 11) is 0. The number of amides is 2. The minimum atomic E-state index is -1.35. The molecule has 21 heteroatoms. The molecule has 0 aliphatic carbocycles. The van der Waals surface area contributed by atoms with E-state index in [1.54, 1.807) is 48.5 Å². The molecule has 6 N–H and O–H groups in total. The van der Waals surface area contributed by atoms with E-state index in [9.17, 15) is 58.0 Å². The van der Waals surface area contributed by atoms with E-state index in [-0.39, 0.29) is 88.9 Å². The van der Waals surface area contributed by atoms with E-state index >= 15 is 0 Å². The third-order valence-corrected chi connectivity index (χ3v) is 15.5. The molecule has 0 spiro atoms. The number of rotatable bonds is 34. The lowest BCUT2D eigenvalue weighted by molar-refractivity contribution is -0.162. The lowest BCUT2D eigenvalue weighted by Gasteiger charge is -2.20. The molecule has 500 valence electrons. The first-order chi connectivity index (χ1) is 45.8. The molecule has 2 amide bonds. The van der Waals surface area contributed by atoms with Crippen molar-refractivity contribution in [1.82, 2.24) is 9.13 Å². The molecule has 0 saturated heterocycles. The van der Waals surface area contributed by atoms with Gasteiger partial charge in [-0.05, 0) is 133 Å². The molecule has 0 unspecified atom stereocenters. The van der Waals surface area contributed by atoms with E-state index < -0.39 is 86.0 Å². The molecule has 6 aromatic carbocycles. The molecule has 95 heavy (non-hydrogen) atoms. The summed E-state index contributed by atoms with van der Waals surface area (Å²) in [5.41, 5.74) is 8.59. The van der Waals surface area contributed by atoms with Crippen LogP contribution in [0.2, 0.25) is 0 Å². The number of nitrogens with one attached hydrogen (secondary N) is 2. The Kier molecular flexibility index (Phi) is 26.3. The van der Waals surface area contributed by atoms with E-state index in [0.717, 1.165) is 11.1 Å². The second-order valence-electron chi connectivity index (χ2n) is 23.4. The predicted octanol–water partition coefficient (Wildman–Crippen LogP) is 11.7. The van der Waals surface area contributed by atoms with Crippen molar-refractivity contribution in [1.29, 1.82) is 0 Å². The molecule has 8 rings (SSSR count). The highest BCUT2D eigenvalue weighted by Gasteiger charge is 2.33. The van der Waals surface area contributed by atoms with Gasteiger partial charge in [0.05, 0.1) is 73.0 Å². The van der Waals surface area contributed by atoms with Crippen LogP contribution in [-0.2, 0) is 56.0 Å². The molecular weight excluding hydrogens is 1220 g/mol. The highest BCUT2D eigenvalue weighted by Crippen LogP contribution is 2.45. The summed E-state index contributed by atoms with van der Waals surface area (Å²) in [6.45, 7) is 5.83. The zero-order valence-corrected chi connectivity index (χ0v) is 53.5. The summed E-state index contributed by atoms with van der Waals surface area (Å²) >= 11 is 0. The lowest BCUT2D eigenvalue weighted by Crippen LogP contribution is -2.25. The maximum Gasteiger partial charge on any atom is 0.344 e. The van der Waals surface area contributed by atoms with Gasteiger partial charge in [-0.3, -0.25) is 19.2 Å². The standard InChI is InChI=1S/C74H80F2N4O15/c1-47(2)69-67(73(89)77-55-21-13-7-14-22-55)65(49-17-9-5-10-18-49)71(51-25-29-53(75)30-26-51)79(69)35-33-57(81)41-59(83)43-61(85)94-45-63(87)92-39-37-91-38-40-93-64(88)46-95-62(86)44-60(84)42-58(82)34-36-80-70(48(3)4)68(74(90)78-56-23-15-8-16-24-56)66(50-19-11-6-12-20-50)72(80)52-27-31-54(76)32-28-52/h5-32,47-48,57-60,81-84H,33-46H2,1-4H3,(H,77,89)(H,78,90)/t57-,58-,59-,60-/m1/s1. The number of aliphatic hydroxyl groups is 4. The fraction of sp³-hybridized carbons (Fsp3) is 0.324. The number of benzene rings is 6. The average Bonchev–Trinajstić information content (AvgIpc) is 1.60. The van der Waals surface area contributed by atoms with Gasteiger partial charge in [-0.15, -0.1) is 0 Å². The minimum absolute atomic E-state index is 0.0820. The molecule has 2 heterocycles. The Morgan fingerprint density at radius 3 is 1.08 bits per heavy atom. The van der Waals surface area contributed by atoms with E-state index in [4.69, 9.17) is 23.7 Å². The summed E-state index contributed by atoms with van der Waals surface area (Å²) in [5.74, 6) is -5.69. The first-order valence-corrected chi connectivity index (χ1v) is 31.6. The average molecular weight is 1300 g/mol. The van der Waals surface area contributed by atoms with E-state index in [2.05, 4.69) is 10.6 Å². The fourth-order valence-electron chi connectivity index (χ4n) is 11.4. The zero-order chi connectivity index (χ0) is 68.0. The van der Waals surface area contributed by atoms with Crippen molar-refractivity contribution in [3.63, 3.8) is 0 Å². The fourth-order valence-corrected chi connectivity index (χ4v) is 11.4. The van der Waals surface area contributed by atoms with Gasteiger partial charge in [-0.2, -0.15) is 0 Å². The monoisotopic (exact) mass is 1300 g/mol. The van der Waals surface area contributed by atoms with E-state index in [1.807, 2.05) is 134 Å². The zero-order valence-electron chi connectivity index (χ0n) is 53.5. The number of hydrogen-bond donors (Lipinski definition) is 6. The van der Waals surface area contributed by atoms with Crippen LogP contribution in [0.25, 0.3) is 44.8 Å². The van der Waals surface area contributed by atoms with Gasteiger partial charge in [0, 0.05) is 47.0 Å².